The summed E-state index contributed by atoms with van der Waals surface area (Å²) >= 11 is 0. The molecule has 0 amide bonds. The molecule has 0 aliphatic carbocycles. The Morgan fingerprint density at radius 2 is 1.65 bits per heavy atom. The van der Waals surface area contributed by atoms with Crippen LogP contribution < -0.4 is 24.5 Å². The lowest BCUT2D eigenvalue weighted by molar-refractivity contribution is -0.142. The first-order valence-electron chi connectivity index (χ1n) is 12.1. The molecule has 0 fully saturated rings. The van der Waals surface area contributed by atoms with Gasteiger partial charge in [0.2, 0.25) is 11.6 Å². The second-order valence-corrected chi connectivity index (χ2v) is 8.42. The molecular weight excluding hydrogens is 518 g/mol. The minimum absolute atomic E-state index is 0.204. The molecule has 0 aliphatic heterocycles. The van der Waals surface area contributed by atoms with Crippen LogP contribution in [-0.4, -0.2) is 56.9 Å². The zero-order valence-electron chi connectivity index (χ0n) is 22.2. The van der Waals surface area contributed by atoms with Crippen LogP contribution >= 0.6 is 0 Å². The highest BCUT2D eigenvalue weighted by molar-refractivity contribution is 5.89. The molecule has 0 aliphatic rings. The van der Waals surface area contributed by atoms with E-state index in [0.29, 0.717) is 45.1 Å². The Morgan fingerprint density at radius 3 is 2.35 bits per heavy atom. The normalized spacial score (nSPS) is 11.2. The molecule has 3 aromatic carbocycles. The van der Waals surface area contributed by atoms with E-state index >= 15 is 0 Å². The van der Waals surface area contributed by atoms with Gasteiger partial charge in [-0.25, -0.2) is 9.78 Å². The van der Waals surface area contributed by atoms with Gasteiger partial charge in [-0.15, -0.1) is 0 Å². The average molecular weight is 544 g/mol. The topological polar surface area (TPSA) is 124 Å². The number of hydrogen-bond donors (Lipinski definition) is 0. The first kappa shape index (κ1) is 26.3. The molecule has 5 rings (SSSR count). The van der Waals surface area contributed by atoms with Gasteiger partial charge in [-0.3, -0.25) is 4.79 Å². The largest absolute Gasteiger partial charge is 0.496 e. The molecule has 0 saturated heterocycles. The van der Waals surface area contributed by atoms with Crippen LogP contribution in [0.5, 0.6) is 23.0 Å². The number of methoxy groups -OCH3 is 4. The minimum atomic E-state index is -0.561. The van der Waals surface area contributed by atoms with E-state index in [0.717, 1.165) is 5.39 Å². The predicted molar refractivity (Wildman–Crippen MR) is 148 cm³/mol. The number of esters is 1. The Hall–Kier alpha value is -5.32. The summed E-state index contributed by atoms with van der Waals surface area (Å²) in [6.07, 6.45) is 1.46. The van der Waals surface area contributed by atoms with Gasteiger partial charge in [-0.1, -0.05) is 18.2 Å². The van der Waals surface area contributed by atoms with Crippen molar-refractivity contribution >= 4 is 34.1 Å². The summed E-state index contributed by atoms with van der Waals surface area (Å²) in [6, 6.07) is 17.4. The molecule has 2 heterocycles. The van der Waals surface area contributed by atoms with Gasteiger partial charge in [0.15, 0.2) is 23.9 Å². The highest BCUT2D eigenvalue weighted by Gasteiger charge is 2.19. The second kappa shape index (κ2) is 11.2. The molecule has 0 saturated carbocycles. The van der Waals surface area contributed by atoms with Crippen molar-refractivity contribution in [2.24, 2.45) is 5.10 Å². The standard InChI is InChI=1S/C29H25N3O8/c1-35-21-10-7-11-22-19(21)14-25(40-22)28-31-20-9-6-5-8-18(20)29(34)32(28)30-15-17-12-23(36-2)27(24(13-17)37-3)39-16-26(33)38-4/h5-15H,16H2,1-4H3. The van der Waals surface area contributed by atoms with E-state index in [1.807, 2.05) is 12.1 Å². The lowest BCUT2D eigenvalue weighted by atomic mass is 10.2. The molecule has 0 radical (unpaired) electrons. The number of para-hydroxylation sites is 1. The molecule has 5 aromatic rings. The number of benzene rings is 3. The van der Waals surface area contributed by atoms with Crippen molar-refractivity contribution in [2.45, 2.75) is 0 Å². The van der Waals surface area contributed by atoms with Gasteiger partial charge in [0.05, 0.1) is 50.9 Å². The Labute approximate surface area is 228 Å². The monoisotopic (exact) mass is 543 g/mol. The quantitative estimate of drug-likeness (QED) is 0.198. The van der Waals surface area contributed by atoms with E-state index in [1.165, 1.54) is 32.2 Å². The summed E-state index contributed by atoms with van der Waals surface area (Å²) < 4.78 is 33.8. The molecule has 0 bridgehead atoms. The first-order valence-corrected chi connectivity index (χ1v) is 12.1. The van der Waals surface area contributed by atoms with Crippen LogP contribution in [0.3, 0.4) is 0 Å². The fourth-order valence-electron chi connectivity index (χ4n) is 4.14. The van der Waals surface area contributed by atoms with Crippen molar-refractivity contribution in [3.8, 4) is 34.6 Å². The number of carbonyl (C=O) groups is 1. The van der Waals surface area contributed by atoms with Crippen molar-refractivity contribution < 1.29 is 32.9 Å². The maximum atomic E-state index is 13.6. The fourth-order valence-corrected chi connectivity index (χ4v) is 4.14. The van der Waals surface area contributed by atoms with Gasteiger partial charge >= 0.3 is 5.97 Å². The third kappa shape index (κ3) is 4.92. The van der Waals surface area contributed by atoms with Crippen molar-refractivity contribution in [1.82, 2.24) is 9.66 Å². The Kier molecular flexibility index (Phi) is 7.36. The number of hydrogen-bond acceptors (Lipinski definition) is 10. The highest BCUT2D eigenvalue weighted by atomic mass is 16.6. The molecule has 2 aromatic heterocycles. The van der Waals surface area contributed by atoms with Crippen molar-refractivity contribution in [2.75, 3.05) is 35.0 Å². The molecule has 40 heavy (non-hydrogen) atoms. The fraction of sp³-hybridized carbons (Fsp3) is 0.172. The molecule has 0 unspecified atom stereocenters. The molecule has 204 valence electrons. The molecule has 0 N–H and O–H groups in total. The Balaban J connectivity index is 1.63. The van der Waals surface area contributed by atoms with Crippen molar-refractivity contribution in [3.05, 3.63) is 76.6 Å². The zero-order chi connectivity index (χ0) is 28.2. The maximum absolute atomic E-state index is 13.6. The van der Waals surface area contributed by atoms with Crippen LogP contribution in [0.1, 0.15) is 5.56 Å². The lowest BCUT2D eigenvalue weighted by Gasteiger charge is -2.14. The van der Waals surface area contributed by atoms with Crippen molar-refractivity contribution in [1.29, 1.82) is 0 Å². The average Bonchev–Trinajstić information content (AvgIpc) is 3.43. The zero-order valence-corrected chi connectivity index (χ0v) is 22.2. The van der Waals surface area contributed by atoms with Crippen molar-refractivity contribution in [3.63, 3.8) is 0 Å². The molecule has 11 heteroatoms. The van der Waals surface area contributed by atoms with E-state index in [2.05, 4.69) is 9.84 Å². The number of nitrogens with zero attached hydrogens (tertiary/aromatic N) is 3. The summed E-state index contributed by atoms with van der Waals surface area (Å²) in [5.41, 5.74) is 1.21. The smallest absolute Gasteiger partial charge is 0.343 e. The summed E-state index contributed by atoms with van der Waals surface area (Å²) in [6.45, 7) is -0.333. The SMILES string of the molecule is COC(=O)COc1c(OC)cc(C=Nn2c(-c3cc4c(OC)cccc4o3)nc3ccccc3c2=O)cc1OC. The second-order valence-electron chi connectivity index (χ2n) is 8.42. The van der Waals surface area contributed by atoms with E-state index in [-0.39, 0.29) is 23.7 Å². The highest BCUT2D eigenvalue weighted by Crippen LogP contribution is 2.38. The van der Waals surface area contributed by atoms with Gasteiger partial charge in [-0.2, -0.15) is 9.78 Å². The summed E-state index contributed by atoms with van der Waals surface area (Å²) in [5.74, 6) is 1.40. The first-order chi connectivity index (χ1) is 19.5. The van der Waals surface area contributed by atoms with Crippen LogP contribution in [-0.2, 0) is 9.53 Å². The third-order valence-corrected chi connectivity index (χ3v) is 6.08. The Bertz CT molecular complexity index is 1780. The van der Waals surface area contributed by atoms with Crippen LogP contribution in [0.4, 0.5) is 0 Å². The van der Waals surface area contributed by atoms with Gasteiger partial charge < -0.3 is 28.1 Å². The van der Waals surface area contributed by atoms with E-state index in [1.54, 1.807) is 55.6 Å². The maximum Gasteiger partial charge on any atom is 0.343 e. The lowest BCUT2D eigenvalue weighted by Crippen LogP contribution is -2.20. The summed E-state index contributed by atoms with van der Waals surface area (Å²) in [7, 11) is 5.74. The minimum Gasteiger partial charge on any atom is -0.496 e. The van der Waals surface area contributed by atoms with E-state index < -0.39 is 5.97 Å². The number of rotatable bonds is 9. The number of aromatic nitrogens is 2. The summed E-state index contributed by atoms with van der Waals surface area (Å²) in [5, 5.41) is 5.60. The Morgan fingerprint density at radius 1 is 0.925 bits per heavy atom. The molecule has 0 atom stereocenters. The van der Waals surface area contributed by atoms with E-state index in [4.69, 9.17) is 28.3 Å². The number of fused-ring (bicyclic) bond motifs is 2. The predicted octanol–water partition coefficient (Wildman–Crippen LogP) is 4.27. The molecule has 11 nitrogen and oxygen atoms in total. The van der Waals surface area contributed by atoms with Crippen LogP contribution in [0.15, 0.2) is 75.0 Å². The van der Waals surface area contributed by atoms with Gasteiger partial charge in [0, 0.05) is 5.56 Å². The number of furan rings is 1. The number of carbonyl (C=O) groups excluding carboxylic acids is 1. The van der Waals surface area contributed by atoms with E-state index in [9.17, 15) is 9.59 Å². The third-order valence-electron chi connectivity index (χ3n) is 6.08. The number of ether oxygens (including phenoxy) is 5. The van der Waals surface area contributed by atoms with Gasteiger partial charge in [0.25, 0.3) is 5.56 Å². The van der Waals surface area contributed by atoms with Crippen LogP contribution in [0, 0.1) is 0 Å². The molecule has 0 spiro atoms. The summed E-state index contributed by atoms with van der Waals surface area (Å²) in [4.78, 5) is 29.9. The van der Waals surface area contributed by atoms with Crippen LogP contribution in [0.25, 0.3) is 33.5 Å². The molecular formula is C29H25N3O8. The van der Waals surface area contributed by atoms with Crippen LogP contribution in [0.2, 0.25) is 0 Å². The van der Waals surface area contributed by atoms with Gasteiger partial charge in [0.1, 0.15) is 11.3 Å². The van der Waals surface area contributed by atoms with Gasteiger partial charge in [-0.05, 0) is 42.5 Å².